The SMILES string of the molecule is CS(=O)(=O)C(=C1C=CC=CC1)S(C)(=O)=O. The molecule has 0 atom stereocenters. The molecule has 1 aliphatic rings. The Hall–Kier alpha value is -0.880. The van der Waals surface area contributed by atoms with Crippen LogP contribution in [0.3, 0.4) is 0 Å². The van der Waals surface area contributed by atoms with Crippen LogP contribution in [0.2, 0.25) is 0 Å². The van der Waals surface area contributed by atoms with Gasteiger partial charge in [0.1, 0.15) is 0 Å². The van der Waals surface area contributed by atoms with Crippen molar-refractivity contribution in [3.8, 4) is 0 Å². The van der Waals surface area contributed by atoms with Crippen molar-refractivity contribution in [2.24, 2.45) is 0 Å². The Kier molecular flexibility index (Phi) is 3.20. The first-order valence-corrected chi connectivity index (χ1v) is 7.97. The predicted molar refractivity (Wildman–Crippen MR) is 59.6 cm³/mol. The minimum Gasteiger partial charge on any atom is -0.223 e. The van der Waals surface area contributed by atoms with Crippen LogP contribution < -0.4 is 0 Å². The van der Waals surface area contributed by atoms with Gasteiger partial charge in [-0.1, -0.05) is 24.3 Å². The third-order valence-corrected chi connectivity index (χ3v) is 5.51. The van der Waals surface area contributed by atoms with E-state index in [9.17, 15) is 16.8 Å². The van der Waals surface area contributed by atoms with Crippen LogP contribution in [0.1, 0.15) is 6.42 Å². The van der Waals surface area contributed by atoms with Crippen molar-refractivity contribution in [3.05, 3.63) is 34.1 Å². The second-order valence-corrected chi connectivity index (χ2v) is 7.51. The van der Waals surface area contributed by atoms with Crippen molar-refractivity contribution in [3.63, 3.8) is 0 Å². The topological polar surface area (TPSA) is 68.3 Å². The van der Waals surface area contributed by atoms with Gasteiger partial charge in [0.05, 0.1) is 0 Å². The average molecular weight is 248 g/mol. The van der Waals surface area contributed by atoms with Gasteiger partial charge in [-0.15, -0.1) is 0 Å². The summed E-state index contributed by atoms with van der Waals surface area (Å²) in [7, 11) is -7.43. The molecule has 6 heteroatoms. The molecule has 0 aromatic rings. The van der Waals surface area contributed by atoms with E-state index in [1.54, 1.807) is 18.2 Å². The maximum atomic E-state index is 11.4. The summed E-state index contributed by atoms with van der Waals surface area (Å²) in [6.07, 6.45) is 8.72. The van der Waals surface area contributed by atoms with E-state index < -0.39 is 23.9 Å². The van der Waals surface area contributed by atoms with E-state index in [1.165, 1.54) is 6.08 Å². The maximum Gasteiger partial charge on any atom is 0.186 e. The zero-order valence-corrected chi connectivity index (χ0v) is 10.1. The third kappa shape index (κ3) is 3.04. The maximum absolute atomic E-state index is 11.4. The number of rotatable bonds is 2. The lowest BCUT2D eigenvalue weighted by atomic mass is 10.1. The van der Waals surface area contributed by atoms with E-state index in [-0.39, 0.29) is 0 Å². The molecule has 84 valence electrons. The molecule has 0 aromatic heterocycles. The lowest BCUT2D eigenvalue weighted by molar-refractivity contribution is 0.600. The normalized spacial score (nSPS) is 16.8. The van der Waals surface area contributed by atoms with Crippen LogP contribution in [0.25, 0.3) is 0 Å². The van der Waals surface area contributed by atoms with Gasteiger partial charge in [-0.25, -0.2) is 16.8 Å². The third-order valence-electron chi connectivity index (χ3n) is 1.82. The molecule has 4 nitrogen and oxygen atoms in total. The summed E-state index contributed by atoms with van der Waals surface area (Å²) in [6, 6.07) is 0. The Balaban J connectivity index is 3.51. The summed E-state index contributed by atoms with van der Waals surface area (Å²) in [5.41, 5.74) is 0.322. The number of hydrogen-bond donors (Lipinski definition) is 0. The second-order valence-electron chi connectivity index (χ2n) is 3.35. The fraction of sp³-hybridized carbons (Fsp3) is 0.333. The molecule has 0 spiro atoms. The van der Waals surface area contributed by atoms with Gasteiger partial charge in [0.25, 0.3) is 0 Å². The van der Waals surface area contributed by atoms with E-state index in [2.05, 4.69) is 0 Å². The van der Waals surface area contributed by atoms with Crippen molar-refractivity contribution < 1.29 is 16.8 Å². The Morgan fingerprint density at radius 2 is 1.60 bits per heavy atom. The molecule has 0 radical (unpaired) electrons. The molecule has 0 bridgehead atoms. The molecule has 1 rings (SSSR count). The fourth-order valence-electron chi connectivity index (χ4n) is 1.42. The molecule has 0 saturated heterocycles. The van der Waals surface area contributed by atoms with Crippen LogP contribution in [0.15, 0.2) is 34.1 Å². The first kappa shape index (κ1) is 12.2. The highest BCUT2D eigenvalue weighted by atomic mass is 32.3. The zero-order valence-electron chi connectivity index (χ0n) is 8.47. The highest BCUT2D eigenvalue weighted by Crippen LogP contribution is 2.23. The van der Waals surface area contributed by atoms with E-state index in [0.29, 0.717) is 12.0 Å². The highest BCUT2D eigenvalue weighted by molar-refractivity contribution is 8.13. The molecule has 1 aliphatic carbocycles. The van der Waals surface area contributed by atoms with Crippen molar-refractivity contribution >= 4 is 19.7 Å². The standard InChI is InChI=1S/C9H12O4S2/c1-14(10,11)9(15(2,12)13)8-6-4-3-5-7-8/h3-6H,7H2,1-2H3. The first-order chi connectivity index (χ1) is 6.73. The van der Waals surface area contributed by atoms with Crippen LogP contribution in [0.4, 0.5) is 0 Å². The van der Waals surface area contributed by atoms with Crippen LogP contribution >= 0.6 is 0 Å². The number of hydrogen-bond acceptors (Lipinski definition) is 4. The second kappa shape index (κ2) is 3.94. The van der Waals surface area contributed by atoms with Gasteiger partial charge >= 0.3 is 0 Å². The molecule has 0 amide bonds. The van der Waals surface area contributed by atoms with Gasteiger partial charge in [0, 0.05) is 12.5 Å². The molecular formula is C9H12O4S2. The summed E-state index contributed by atoms with van der Waals surface area (Å²) in [5, 5.41) is 0. The smallest absolute Gasteiger partial charge is 0.186 e. The molecule has 0 aliphatic heterocycles. The highest BCUT2D eigenvalue weighted by Gasteiger charge is 2.26. The largest absolute Gasteiger partial charge is 0.223 e. The summed E-state index contributed by atoms with van der Waals surface area (Å²) in [6.45, 7) is 0. The van der Waals surface area contributed by atoms with Gasteiger partial charge in [-0.3, -0.25) is 0 Å². The Bertz CT molecular complexity index is 511. The monoisotopic (exact) mass is 248 g/mol. The lowest BCUT2D eigenvalue weighted by Crippen LogP contribution is -2.14. The fourth-order valence-corrected chi connectivity index (χ4v) is 4.87. The molecule has 0 heterocycles. The summed E-state index contributed by atoms with van der Waals surface area (Å²) in [4.78, 5) is 0. The molecule has 15 heavy (non-hydrogen) atoms. The summed E-state index contributed by atoms with van der Waals surface area (Å²) >= 11 is 0. The molecule has 0 saturated carbocycles. The van der Waals surface area contributed by atoms with Gasteiger partial charge in [0.15, 0.2) is 23.9 Å². The van der Waals surface area contributed by atoms with E-state index in [0.717, 1.165) is 12.5 Å². The molecular weight excluding hydrogens is 236 g/mol. The lowest BCUT2D eigenvalue weighted by Gasteiger charge is -2.09. The van der Waals surface area contributed by atoms with E-state index in [1.807, 2.05) is 0 Å². The van der Waals surface area contributed by atoms with Crippen molar-refractivity contribution in [2.45, 2.75) is 6.42 Å². The Labute approximate surface area is 89.8 Å². The first-order valence-electron chi connectivity index (χ1n) is 4.19. The van der Waals surface area contributed by atoms with Crippen LogP contribution in [-0.2, 0) is 19.7 Å². The minimum atomic E-state index is -3.72. The number of sulfone groups is 2. The summed E-state index contributed by atoms with van der Waals surface area (Å²) in [5.74, 6) is 0. The van der Waals surface area contributed by atoms with Gasteiger partial charge in [0.2, 0.25) is 0 Å². The molecule has 0 unspecified atom stereocenters. The molecule has 0 fully saturated rings. The van der Waals surface area contributed by atoms with E-state index in [4.69, 9.17) is 0 Å². The van der Waals surface area contributed by atoms with Crippen molar-refractivity contribution in [1.29, 1.82) is 0 Å². The van der Waals surface area contributed by atoms with Gasteiger partial charge < -0.3 is 0 Å². The minimum absolute atomic E-state index is 0.322. The quantitative estimate of drug-likeness (QED) is 0.725. The van der Waals surface area contributed by atoms with Crippen LogP contribution in [0.5, 0.6) is 0 Å². The van der Waals surface area contributed by atoms with Crippen LogP contribution in [0, 0.1) is 0 Å². The van der Waals surface area contributed by atoms with Gasteiger partial charge in [-0.05, 0) is 12.0 Å². The Morgan fingerprint density at radius 3 is 1.93 bits per heavy atom. The van der Waals surface area contributed by atoms with E-state index >= 15 is 0 Å². The predicted octanol–water partition coefficient (Wildman–Crippen LogP) is 0.803. The van der Waals surface area contributed by atoms with Crippen molar-refractivity contribution in [2.75, 3.05) is 12.5 Å². The van der Waals surface area contributed by atoms with Crippen LogP contribution in [-0.4, -0.2) is 29.3 Å². The van der Waals surface area contributed by atoms with Gasteiger partial charge in [-0.2, -0.15) is 0 Å². The molecule has 0 N–H and O–H groups in total. The average Bonchev–Trinajstić information content (AvgIpc) is 2.00. The number of allylic oxidation sites excluding steroid dienone is 5. The molecule has 0 aromatic carbocycles. The van der Waals surface area contributed by atoms with Crippen molar-refractivity contribution in [1.82, 2.24) is 0 Å². The Morgan fingerprint density at radius 1 is 1.07 bits per heavy atom. The summed E-state index contributed by atoms with van der Waals surface area (Å²) < 4.78 is 45.1. The zero-order chi connectivity index (χ0) is 11.7.